The highest BCUT2D eigenvalue weighted by atomic mass is 16.5. The minimum absolute atomic E-state index is 0.113. The standard InChI is InChI=1S/C22H31N3O4/c26-20(23-11-12-24-13-15-28-16-14-24)19-17-29-22(9-5-2-6-10-22)25(19)21(27)18-7-3-1-4-8-18/h1,3-4,7-8,19H,2,5-6,9-17H2,(H,23,26)/t19-/m0/s1. The highest BCUT2D eigenvalue weighted by Gasteiger charge is 2.52. The van der Waals surface area contributed by atoms with E-state index in [4.69, 9.17) is 9.47 Å². The van der Waals surface area contributed by atoms with Crippen LogP contribution >= 0.6 is 0 Å². The molecule has 1 aromatic carbocycles. The van der Waals surface area contributed by atoms with Crippen LogP contribution in [0.5, 0.6) is 0 Å². The number of hydrogen-bond donors (Lipinski definition) is 1. The molecule has 2 aliphatic heterocycles. The summed E-state index contributed by atoms with van der Waals surface area (Å²) in [6, 6.07) is 8.65. The van der Waals surface area contributed by atoms with Crippen molar-refractivity contribution in [2.75, 3.05) is 46.0 Å². The molecule has 1 N–H and O–H groups in total. The van der Waals surface area contributed by atoms with Crippen molar-refractivity contribution in [3.8, 4) is 0 Å². The molecule has 0 aromatic heterocycles. The Morgan fingerprint density at radius 2 is 1.79 bits per heavy atom. The molecule has 0 radical (unpaired) electrons. The van der Waals surface area contributed by atoms with Gasteiger partial charge in [0.2, 0.25) is 5.91 Å². The summed E-state index contributed by atoms with van der Waals surface area (Å²) >= 11 is 0. The maximum atomic E-state index is 13.4. The van der Waals surface area contributed by atoms with E-state index in [0.29, 0.717) is 12.1 Å². The summed E-state index contributed by atoms with van der Waals surface area (Å²) in [4.78, 5) is 30.5. The van der Waals surface area contributed by atoms with Crippen molar-refractivity contribution >= 4 is 11.8 Å². The number of hydrogen-bond acceptors (Lipinski definition) is 5. The minimum Gasteiger partial charge on any atom is -0.379 e. The second kappa shape index (κ2) is 9.24. The molecule has 29 heavy (non-hydrogen) atoms. The first kappa shape index (κ1) is 20.3. The Morgan fingerprint density at radius 1 is 1.07 bits per heavy atom. The third kappa shape index (κ3) is 4.47. The van der Waals surface area contributed by atoms with Gasteiger partial charge in [0.05, 0.1) is 19.8 Å². The third-order valence-corrected chi connectivity index (χ3v) is 6.27. The molecule has 1 aliphatic carbocycles. The van der Waals surface area contributed by atoms with Crippen LogP contribution in [0.15, 0.2) is 30.3 Å². The Hall–Kier alpha value is -1.96. The van der Waals surface area contributed by atoms with Gasteiger partial charge in [-0.05, 0) is 37.8 Å². The second-order valence-electron chi connectivity index (χ2n) is 8.12. The predicted octanol–water partition coefficient (Wildman–Crippen LogP) is 1.64. The number of nitrogens with one attached hydrogen (secondary N) is 1. The number of rotatable bonds is 5. The largest absolute Gasteiger partial charge is 0.379 e. The quantitative estimate of drug-likeness (QED) is 0.812. The molecule has 1 spiro atoms. The van der Waals surface area contributed by atoms with E-state index in [9.17, 15) is 9.59 Å². The van der Waals surface area contributed by atoms with Gasteiger partial charge in [0.1, 0.15) is 11.8 Å². The van der Waals surface area contributed by atoms with Gasteiger partial charge in [-0.1, -0.05) is 24.6 Å². The van der Waals surface area contributed by atoms with Gasteiger partial charge in [-0.15, -0.1) is 0 Å². The first-order valence-corrected chi connectivity index (χ1v) is 10.8. The molecule has 0 unspecified atom stereocenters. The zero-order chi connectivity index (χ0) is 20.1. The van der Waals surface area contributed by atoms with Crippen LogP contribution < -0.4 is 5.32 Å². The van der Waals surface area contributed by atoms with Crippen LogP contribution in [-0.4, -0.2) is 79.4 Å². The lowest BCUT2D eigenvalue weighted by Gasteiger charge is -2.41. The first-order chi connectivity index (χ1) is 14.2. The summed E-state index contributed by atoms with van der Waals surface area (Å²) in [6.07, 6.45) is 4.77. The lowest BCUT2D eigenvalue weighted by atomic mass is 9.89. The Labute approximate surface area is 172 Å². The summed E-state index contributed by atoms with van der Waals surface area (Å²) in [6.45, 7) is 4.89. The molecule has 7 heteroatoms. The number of morpholine rings is 1. The summed E-state index contributed by atoms with van der Waals surface area (Å²) < 4.78 is 11.5. The van der Waals surface area contributed by atoms with Crippen molar-refractivity contribution in [1.29, 1.82) is 0 Å². The van der Waals surface area contributed by atoms with Crippen LogP contribution in [0.4, 0.5) is 0 Å². The monoisotopic (exact) mass is 401 g/mol. The van der Waals surface area contributed by atoms with Crippen molar-refractivity contribution in [3.63, 3.8) is 0 Å². The second-order valence-corrected chi connectivity index (χ2v) is 8.12. The number of ether oxygens (including phenoxy) is 2. The summed E-state index contributed by atoms with van der Waals surface area (Å²) in [5.74, 6) is -0.233. The smallest absolute Gasteiger partial charge is 0.256 e. The Kier molecular flexibility index (Phi) is 6.47. The fraction of sp³-hybridized carbons (Fsp3) is 0.636. The van der Waals surface area contributed by atoms with Gasteiger partial charge >= 0.3 is 0 Å². The van der Waals surface area contributed by atoms with Crippen molar-refractivity contribution in [3.05, 3.63) is 35.9 Å². The van der Waals surface area contributed by atoms with E-state index in [1.54, 1.807) is 4.90 Å². The molecule has 1 saturated carbocycles. The highest BCUT2D eigenvalue weighted by Crippen LogP contribution is 2.41. The number of carbonyl (C=O) groups is 2. The van der Waals surface area contributed by atoms with Crippen molar-refractivity contribution in [1.82, 2.24) is 15.1 Å². The summed E-state index contributed by atoms with van der Waals surface area (Å²) in [5.41, 5.74) is -0.0359. The number of amides is 2. The molecular weight excluding hydrogens is 370 g/mol. The van der Waals surface area contributed by atoms with Crippen LogP contribution in [0.2, 0.25) is 0 Å². The fourth-order valence-electron chi connectivity index (χ4n) is 4.67. The maximum Gasteiger partial charge on any atom is 0.256 e. The average molecular weight is 402 g/mol. The molecule has 158 valence electrons. The van der Waals surface area contributed by atoms with Crippen LogP contribution in [0, 0.1) is 0 Å². The van der Waals surface area contributed by atoms with E-state index < -0.39 is 11.8 Å². The maximum absolute atomic E-state index is 13.4. The number of nitrogens with zero attached hydrogens (tertiary/aromatic N) is 2. The lowest BCUT2D eigenvalue weighted by molar-refractivity contribution is -0.127. The van der Waals surface area contributed by atoms with Crippen LogP contribution in [-0.2, 0) is 14.3 Å². The van der Waals surface area contributed by atoms with E-state index in [2.05, 4.69) is 10.2 Å². The molecule has 4 rings (SSSR count). The van der Waals surface area contributed by atoms with Gasteiger partial charge in [-0.3, -0.25) is 19.4 Å². The van der Waals surface area contributed by atoms with E-state index in [1.807, 2.05) is 30.3 Å². The van der Waals surface area contributed by atoms with Gasteiger partial charge in [0.25, 0.3) is 5.91 Å². The predicted molar refractivity (Wildman–Crippen MR) is 108 cm³/mol. The zero-order valence-electron chi connectivity index (χ0n) is 17.0. The topological polar surface area (TPSA) is 71.1 Å². The van der Waals surface area contributed by atoms with Crippen molar-refractivity contribution in [2.45, 2.75) is 43.9 Å². The minimum atomic E-state index is -0.641. The van der Waals surface area contributed by atoms with Gasteiger partial charge in [0, 0.05) is 31.7 Å². The van der Waals surface area contributed by atoms with E-state index in [-0.39, 0.29) is 18.4 Å². The van der Waals surface area contributed by atoms with Crippen LogP contribution in [0.3, 0.4) is 0 Å². The molecule has 3 aliphatic rings. The van der Waals surface area contributed by atoms with Gasteiger partial charge in [0.15, 0.2) is 0 Å². The fourth-order valence-corrected chi connectivity index (χ4v) is 4.67. The van der Waals surface area contributed by atoms with E-state index in [1.165, 1.54) is 0 Å². The molecule has 1 aromatic rings. The summed E-state index contributed by atoms with van der Waals surface area (Å²) in [5, 5.41) is 3.03. The molecule has 2 amide bonds. The molecule has 2 heterocycles. The SMILES string of the molecule is O=C(NCCN1CCOCC1)[C@@H]1COC2(CCCCC2)N1C(=O)c1ccccc1. The zero-order valence-corrected chi connectivity index (χ0v) is 17.0. The number of benzene rings is 1. The highest BCUT2D eigenvalue weighted by molar-refractivity contribution is 5.98. The number of carbonyl (C=O) groups excluding carboxylic acids is 2. The van der Waals surface area contributed by atoms with Gasteiger partial charge < -0.3 is 14.8 Å². The Balaban J connectivity index is 1.45. The van der Waals surface area contributed by atoms with E-state index >= 15 is 0 Å². The molecule has 7 nitrogen and oxygen atoms in total. The summed E-state index contributed by atoms with van der Waals surface area (Å²) in [7, 11) is 0. The normalized spacial score (nSPS) is 24.6. The average Bonchev–Trinajstić information content (AvgIpc) is 3.13. The van der Waals surface area contributed by atoms with Crippen LogP contribution in [0.1, 0.15) is 42.5 Å². The van der Waals surface area contributed by atoms with Crippen molar-refractivity contribution in [2.24, 2.45) is 0 Å². The van der Waals surface area contributed by atoms with E-state index in [0.717, 1.165) is 65.0 Å². The van der Waals surface area contributed by atoms with Gasteiger partial charge in [-0.25, -0.2) is 0 Å². The van der Waals surface area contributed by atoms with Crippen molar-refractivity contribution < 1.29 is 19.1 Å². The lowest BCUT2D eigenvalue weighted by Crippen LogP contribution is -2.56. The molecule has 1 atom stereocenters. The van der Waals surface area contributed by atoms with Crippen LogP contribution in [0.25, 0.3) is 0 Å². The molecule has 0 bridgehead atoms. The Bertz CT molecular complexity index is 699. The Morgan fingerprint density at radius 3 is 2.52 bits per heavy atom. The molecule has 3 fully saturated rings. The van der Waals surface area contributed by atoms with Gasteiger partial charge in [-0.2, -0.15) is 0 Å². The molecular formula is C22H31N3O4. The first-order valence-electron chi connectivity index (χ1n) is 10.8. The third-order valence-electron chi connectivity index (χ3n) is 6.27. The molecule has 2 saturated heterocycles.